The molecule has 1 saturated heterocycles. The molecule has 0 aromatic heterocycles. The van der Waals surface area contributed by atoms with E-state index in [0.717, 1.165) is 56.3 Å². The summed E-state index contributed by atoms with van der Waals surface area (Å²) in [5.74, 6) is 0.589. The molecule has 0 spiro atoms. The minimum absolute atomic E-state index is 0.0886. The summed E-state index contributed by atoms with van der Waals surface area (Å²) in [6.07, 6.45) is 4.77. The van der Waals surface area contributed by atoms with Crippen molar-refractivity contribution in [2.24, 2.45) is 4.99 Å². The van der Waals surface area contributed by atoms with E-state index >= 15 is 0 Å². The standard InChI is InChI=1S/C23H38N4O3/c1-4-12-23(29,13-5-2)17-26-22(24-6-3)25-16-18-9-7-10-19(15-18)27-21(28)20-11-8-14-30-20/h7,9-10,15,20,29H,4-6,8,11-14,16-17H2,1-3H3,(H,27,28)(H2,24,25,26). The highest BCUT2D eigenvalue weighted by atomic mass is 16.5. The first-order valence-corrected chi connectivity index (χ1v) is 11.3. The van der Waals surface area contributed by atoms with E-state index in [-0.39, 0.29) is 12.0 Å². The van der Waals surface area contributed by atoms with Gasteiger partial charge in [0.15, 0.2) is 5.96 Å². The van der Waals surface area contributed by atoms with Gasteiger partial charge in [-0.25, -0.2) is 4.99 Å². The summed E-state index contributed by atoms with van der Waals surface area (Å²) in [7, 11) is 0. The molecule has 1 aromatic carbocycles. The fraction of sp³-hybridized carbons (Fsp3) is 0.652. The van der Waals surface area contributed by atoms with E-state index in [1.807, 2.05) is 31.2 Å². The van der Waals surface area contributed by atoms with Gasteiger partial charge in [0.2, 0.25) is 0 Å². The molecule has 7 nitrogen and oxygen atoms in total. The number of amides is 1. The molecule has 30 heavy (non-hydrogen) atoms. The molecule has 2 rings (SSSR count). The largest absolute Gasteiger partial charge is 0.388 e. The number of carbonyl (C=O) groups excluding carboxylic acids is 1. The number of anilines is 1. The third kappa shape index (κ3) is 7.95. The molecule has 1 aliphatic heterocycles. The number of aliphatic hydroxyl groups is 1. The normalized spacial score (nSPS) is 17.1. The van der Waals surface area contributed by atoms with Crippen LogP contribution in [0.1, 0.15) is 64.9 Å². The highest BCUT2D eigenvalue weighted by molar-refractivity contribution is 5.94. The van der Waals surface area contributed by atoms with Crippen molar-refractivity contribution in [1.82, 2.24) is 10.6 Å². The topological polar surface area (TPSA) is 95.0 Å². The molecular weight excluding hydrogens is 380 g/mol. The fourth-order valence-corrected chi connectivity index (χ4v) is 3.75. The van der Waals surface area contributed by atoms with Crippen molar-refractivity contribution >= 4 is 17.6 Å². The highest BCUT2D eigenvalue weighted by Gasteiger charge is 2.25. The summed E-state index contributed by atoms with van der Waals surface area (Å²) in [5.41, 5.74) is 1.03. The molecule has 4 N–H and O–H groups in total. The van der Waals surface area contributed by atoms with Crippen molar-refractivity contribution in [2.45, 2.75) is 77.5 Å². The first kappa shape index (κ1) is 24.2. The van der Waals surface area contributed by atoms with Crippen LogP contribution in [-0.4, -0.2) is 48.4 Å². The molecule has 168 valence electrons. The fourth-order valence-electron chi connectivity index (χ4n) is 3.75. The zero-order chi connectivity index (χ0) is 21.8. The van der Waals surface area contributed by atoms with E-state index in [9.17, 15) is 9.90 Å². The van der Waals surface area contributed by atoms with Gasteiger partial charge in [0.1, 0.15) is 6.10 Å². The zero-order valence-corrected chi connectivity index (χ0v) is 18.7. The van der Waals surface area contributed by atoms with Crippen LogP contribution in [0.25, 0.3) is 0 Å². The van der Waals surface area contributed by atoms with Gasteiger partial charge in [-0.15, -0.1) is 0 Å². The van der Waals surface area contributed by atoms with Gasteiger partial charge >= 0.3 is 0 Å². The lowest BCUT2D eigenvalue weighted by atomic mass is 9.93. The maximum absolute atomic E-state index is 12.3. The molecular formula is C23H38N4O3. The number of nitrogens with zero attached hydrogens (tertiary/aromatic N) is 1. The van der Waals surface area contributed by atoms with Crippen LogP contribution in [0.5, 0.6) is 0 Å². The van der Waals surface area contributed by atoms with E-state index in [4.69, 9.17) is 4.74 Å². The molecule has 1 unspecified atom stereocenters. The molecule has 7 heteroatoms. The third-order valence-electron chi connectivity index (χ3n) is 5.20. The maximum atomic E-state index is 12.3. The quantitative estimate of drug-likeness (QED) is 0.327. The zero-order valence-electron chi connectivity index (χ0n) is 18.7. The number of rotatable bonds is 11. The van der Waals surface area contributed by atoms with Crippen LogP contribution in [0.4, 0.5) is 5.69 Å². The minimum Gasteiger partial charge on any atom is -0.388 e. The number of ether oxygens (including phenoxy) is 1. The second-order valence-electron chi connectivity index (χ2n) is 7.96. The number of carbonyl (C=O) groups is 1. The SMILES string of the molecule is CCCC(O)(CCC)CNC(=NCc1cccc(NC(=O)C2CCCO2)c1)NCC. The van der Waals surface area contributed by atoms with Gasteiger partial charge in [0, 0.05) is 25.4 Å². The first-order valence-electron chi connectivity index (χ1n) is 11.3. The Hall–Kier alpha value is -2.12. The molecule has 1 amide bonds. The van der Waals surface area contributed by atoms with Gasteiger partial charge in [0.25, 0.3) is 5.91 Å². The Morgan fingerprint density at radius 3 is 2.63 bits per heavy atom. The van der Waals surface area contributed by atoms with Gasteiger partial charge in [-0.2, -0.15) is 0 Å². The lowest BCUT2D eigenvalue weighted by Gasteiger charge is -2.28. The van der Waals surface area contributed by atoms with Gasteiger partial charge in [-0.05, 0) is 50.3 Å². The van der Waals surface area contributed by atoms with E-state index in [1.54, 1.807) is 0 Å². The number of nitrogens with one attached hydrogen (secondary N) is 3. The molecule has 0 saturated carbocycles. The van der Waals surface area contributed by atoms with Crippen molar-refractivity contribution in [1.29, 1.82) is 0 Å². The Morgan fingerprint density at radius 1 is 1.23 bits per heavy atom. The number of hydrogen-bond donors (Lipinski definition) is 4. The average Bonchev–Trinajstić information content (AvgIpc) is 3.26. The van der Waals surface area contributed by atoms with E-state index in [2.05, 4.69) is 34.8 Å². The predicted molar refractivity (Wildman–Crippen MR) is 122 cm³/mol. The van der Waals surface area contributed by atoms with E-state index in [1.165, 1.54) is 0 Å². The highest BCUT2D eigenvalue weighted by Crippen LogP contribution is 2.19. The molecule has 1 aromatic rings. The number of benzene rings is 1. The summed E-state index contributed by atoms with van der Waals surface area (Å²) < 4.78 is 5.44. The predicted octanol–water partition coefficient (Wildman–Crippen LogP) is 3.19. The second-order valence-corrected chi connectivity index (χ2v) is 7.96. The Bertz CT molecular complexity index is 681. The summed E-state index contributed by atoms with van der Waals surface area (Å²) in [6.45, 7) is 8.52. The van der Waals surface area contributed by atoms with Gasteiger partial charge in [-0.1, -0.05) is 38.8 Å². The van der Waals surface area contributed by atoms with Gasteiger partial charge < -0.3 is 25.8 Å². The summed E-state index contributed by atoms with van der Waals surface area (Å²) in [5, 5.41) is 20.3. The lowest BCUT2D eigenvalue weighted by molar-refractivity contribution is -0.124. The summed E-state index contributed by atoms with van der Waals surface area (Å²) >= 11 is 0. The van der Waals surface area contributed by atoms with E-state index < -0.39 is 5.60 Å². The van der Waals surface area contributed by atoms with Gasteiger partial charge in [-0.3, -0.25) is 4.79 Å². The number of hydrogen-bond acceptors (Lipinski definition) is 4. The van der Waals surface area contributed by atoms with Crippen molar-refractivity contribution in [3.63, 3.8) is 0 Å². The lowest BCUT2D eigenvalue weighted by Crippen LogP contribution is -2.47. The van der Waals surface area contributed by atoms with Crippen LogP contribution in [0.3, 0.4) is 0 Å². The third-order valence-corrected chi connectivity index (χ3v) is 5.20. The molecule has 1 aliphatic rings. The number of aliphatic imine (C=N–C) groups is 1. The van der Waals surface area contributed by atoms with Crippen molar-refractivity contribution in [2.75, 3.05) is 25.0 Å². The molecule has 1 heterocycles. The molecule has 0 aliphatic carbocycles. The number of guanidine groups is 1. The van der Waals surface area contributed by atoms with Crippen molar-refractivity contribution in [3.05, 3.63) is 29.8 Å². The van der Waals surface area contributed by atoms with Gasteiger partial charge in [0.05, 0.1) is 12.1 Å². The van der Waals surface area contributed by atoms with Crippen LogP contribution < -0.4 is 16.0 Å². The van der Waals surface area contributed by atoms with Crippen LogP contribution in [0.15, 0.2) is 29.3 Å². The first-order chi connectivity index (χ1) is 14.5. The molecule has 0 radical (unpaired) electrons. The monoisotopic (exact) mass is 418 g/mol. The molecule has 1 fully saturated rings. The average molecular weight is 419 g/mol. The smallest absolute Gasteiger partial charge is 0.253 e. The Labute approximate surface area is 180 Å². The maximum Gasteiger partial charge on any atom is 0.253 e. The van der Waals surface area contributed by atoms with Crippen LogP contribution >= 0.6 is 0 Å². The molecule has 1 atom stereocenters. The summed E-state index contributed by atoms with van der Waals surface area (Å²) in [4.78, 5) is 16.9. The Morgan fingerprint density at radius 2 is 2.00 bits per heavy atom. The second kappa shape index (κ2) is 12.5. The Balaban J connectivity index is 1.97. The van der Waals surface area contributed by atoms with Crippen molar-refractivity contribution in [3.8, 4) is 0 Å². The Kier molecular flexibility index (Phi) is 10.1. The minimum atomic E-state index is -0.716. The van der Waals surface area contributed by atoms with Crippen molar-refractivity contribution < 1.29 is 14.6 Å². The molecule has 0 bridgehead atoms. The van der Waals surface area contributed by atoms with Crippen LogP contribution in [0.2, 0.25) is 0 Å². The van der Waals surface area contributed by atoms with Crippen LogP contribution in [0, 0.1) is 0 Å². The van der Waals surface area contributed by atoms with Crippen LogP contribution in [-0.2, 0) is 16.1 Å². The van der Waals surface area contributed by atoms with E-state index in [0.29, 0.717) is 25.7 Å². The summed E-state index contributed by atoms with van der Waals surface area (Å²) in [6, 6.07) is 7.71.